The molecule has 1 aromatic rings. The minimum absolute atomic E-state index is 0.0831. The van der Waals surface area contributed by atoms with Gasteiger partial charge in [0.2, 0.25) is 10.0 Å². The quantitative estimate of drug-likeness (QED) is 0.696. The van der Waals surface area contributed by atoms with Gasteiger partial charge in [0.05, 0.1) is 11.9 Å². The molecule has 0 saturated carbocycles. The van der Waals surface area contributed by atoms with Gasteiger partial charge in [-0.2, -0.15) is 0 Å². The number of rotatable bonds is 6. The van der Waals surface area contributed by atoms with Crippen molar-refractivity contribution in [3.05, 3.63) is 22.4 Å². The highest BCUT2D eigenvalue weighted by molar-refractivity contribution is 7.89. The van der Waals surface area contributed by atoms with Crippen LogP contribution in [-0.4, -0.2) is 56.9 Å². The van der Waals surface area contributed by atoms with Gasteiger partial charge in [-0.15, -0.1) is 11.3 Å². The molecule has 1 saturated heterocycles. The summed E-state index contributed by atoms with van der Waals surface area (Å²) in [5, 5.41) is 14.9. The summed E-state index contributed by atoms with van der Waals surface area (Å²) in [4.78, 5) is 14.7. The van der Waals surface area contributed by atoms with Crippen molar-refractivity contribution >= 4 is 27.4 Å². The molecule has 1 aromatic heterocycles. The number of aliphatic hydroxyl groups excluding tert-OH is 1. The number of nitrogens with one attached hydrogen (secondary N) is 2. The number of hydrogen-bond donors (Lipinski definition) is 3. The predicted molar refractivity (Wildman–Crippen MR) is 89.8 cm³/mol. The molecule has 3 N–H and O–H groups in total. The Kier molecular flexibility index (Phi) is 6.40. The number of carbonyl (C=O) groups excluding carboxylic acids is 1. The average molecular weight is 361 g/mol. The highest BCUT2D eigenvalue weighted by Gasteiger charge is 2.28. The summed E-state index contributed by atoms with van der Waals surface area (Å²) in [7, 11) is -1.96. The van der Waals surface area contributed by atoms with E-state index in [1.54, 1.807) is 16.2 Å². The molecule has 2 amide bonds. The molecule has 0 spiro atoms. The van der Waals surface area contributed by atoms with E-state index in [0.29, 0.717) is 13.1 Å². The smallest absolute Gasteiger partial charge is 0.317 e. The third-order valence-corrected chi connectivity index (χ3v) is 6.37. The minimum atomic E-state index is -3.31. The summed E-state index contributed by atoms with van der Waals surface area (Å²) in [6.45, 7) is 1.22. The van der Waals surface area contributed by atoms with Crippen LogP contribution in [0, 0.1) is 5.92 Å². The van der Waals surface area contributed by atoms with Crippen LogP contribution in [0.1, 0.15) is 23.8 Å². The zero-order chi connectivity index (χ0) is 16.9. The van der Waals surface area contributed by atoms with E-state index >= 15 is 0 Å². The molecule has 1 aliphatic heterocycles. The number of carbonyl (C=O) groups is 1. The van der Waals surface area contributed by atoms with Crippen molar-refractivity contribution in [3.8, 4) is 0 Å². The fraction of sp³-hybridized carbons (Fsp3) is 0.643. The largest absolute Gasteiger partial charge is 0.387 e. The number of thiophene rings is 1. The first-order chi connectivity index (χ1) is 10.9. The van der Waals surface area contributed by atoms with Crippen LogP contribution in [-0.2, 0) is 10.0 Å². The highest BCUT2D eigenvalue weighted by atomic mass is 32.2. The lowest BCUT2D eigenvalue weighted by Crippen LogP contribution is -2.46. The topological polar surface area (TPSA) is 98.7 Å². The molecular formula is C14H23N3O4S2. The summed E-state index contributed by atoms with van der Waals surface area (Å²) in [6.07, 6.45) is 1.00. The maximum Gasteiger partial charge on any atom is 0.317 e. The lowest BCUT2D eigenvalue weighted by molar-refractivity contribution is 0.0691. The van der Waals surface area contributed by atoms with Gasteiger partial charge in [-0.1, -0.05) is 6.07 Å². The maximum atomic E-state index is 12.0. The standard InChI is InChI=1S/C14H23N3O4S2/c1-15-23(20,21)10-6-16-14(19)17-7-4-11(5-8-17)13(18)12-3-2-9-22-12/h2-3,9,11,13,15,18H,4-8,10H2,1H3,(H,16,19)/t13-/m0/s1. The second-order valence-electron chi connectivity index (χ2n) is 5.54. The molecule has 0 unspecified atom stereocenters. The van der Waals surface area contributed by atoms with E-state index in [2.05, 4.69) is 10.0 Å². The van der Waals surface area contributed by atoms with Crippen LogP contribution in [0.4, 0.5) is 4.79 Å². The van der Waals surface area contributed by atoms with Gasteiger partial charge >= 0.3 is 6.03 Å². The number of aliphatic hydroxyl groups is 1. The molecule has 7 nitrogen and oxygen atoms in total. The second-order valence-corrected chi connectivity index (χ2v) is 8.56. The van der Waals surface area contributed by atoms with Gasteiger partial charge in [-0.25, -0.2) is 17.9 Å². The van der Waals surface area contributed by atoms with E-state index in [4.69, 9.17) is 0 Å². The average Bonchev–Trinajstić information content (AvgIpc) is 3.08. The molecule has 23 heavy (non-hydrogen) atoms. The molecule has 0 radical (unpaired) electrons. The summed E-state index contributed by atoms with van der Waals surface area (Å²) in [5.41, 5.74) is 0. The lowest BCUT2D eigenvalue weighted by atomic mass is 9.90. The Morgan fingerprint density at radius 1 is 1.48 bits per heavy atom. The van der Waals surface area contributed by atoms with Crippen LogP contribution in [0.2, 0.25) is 0 Å². The van der Waals surface area contributed by atoms with Crippen molar-refractivity contribution in [2.24, 2.45) is 5.92 Å². The van der Waals surface area contributed by atoms with Gasteiger partial charge in [-0.05, 0) is 37.3 Å². The van der Waals surface area contributed by atoms with E-state index in [-0.39, 0.29) is 24.2 Å². The molecule has 2 heterocycles. The van der Waals surface area contributed by atoms with Crippen molar-refractivity contribution in [1.82, 2.24) is 14.9 Å². The minimum Gasteiger partial charge on any atom is -0.387 e. The number of piperidine rings is 1. The molecule has 1 fully saturated rings. The summed E-state index contributed by atoms with van der Waals surface area (Å²) in [6, 6.07) is 3.60. The van der Waals surface area contributed by atoms with E-state index < -0.39 is 16.1 Å². The number of nitrogens with zero attached hydrogens (tertiary/aromatic N) is 1. The van der Waals surface area contributed by atoms with E-state index in [9.17, 15) is 18.3 Å². The summed E-state index contributed by atoms with van der Waals surface area (Å²) in [5.74, 6) is 0.0189. The molecule has 0 aliphatic carbocycles. The first-order valence-corrected chi connectivity index (χ1v) is 10.1. The lowest BCUT2D eigenvalue weighted by Gasteiger charge is -2.34. The maximum absolute atomic E-state index is 12.0. The zero-order valence-corrected chi connectivity index (χ0v) is 14.7. The molecule has 2 rings (SSSR count). The second kappa shape index (κ2) is 8.09. The van der Waals surface area contributed by atoms with E-state index in [1.165, 1.54) is 7.05 Å². The van der Waals surface area contributed by atoms with Crippen molar-refractivity contribution in [2.45, 2.75) is 18.9 Å². The Balaban J connectivity index is 1.74. The Labute approximate surface area is 140 Å². The van der Waals surface area contributed by atoms with Gasteiger partial charge in [0.25, 0.3) is 0 Å². The molecule has 130 valence electrons. The summed E-state index contributed by atoms with van der Waals surface area (Å²) >= 11 is 1.54. The Morgan fingerprint density at radius 2 is 2.17 bits per heavy atom. The van der Waals surface area contributed by atoms with Crippen molar-refractivity contribution in [1.29, 1.82) is 0 Å². The van der Waals surface area contributed by atoms with Crippen LogP contribution in [0.5, 0.6) is 0 Å². The highest BCUT2D eigenvalue weighted by Crippen LogP contribution is 2.32. The third kappa shape index (κ3) is 5.17. The van der Waals surface area contributed by atoms with Gasteiger partial charge in [-0.3, -0.25) is 0 Å². The molecule has 0 bridgehead atoms. The summed E-state index contributed by atoms with van der Waals surface area (Å²) < 4.78 is 24.8. The van der Waals surface area contributed by atoms with Gasteiger partial charge in [0.1, 0.15) is 0 Å². The molecule has 0 aromatic carbocycles. The Bertz CT molecular complexity index is 596. The molecule has 9 heteroatoms. The molecule has 1 aliphatic rings. The van der Waals surface area contributed by atoms with Crippen LogP contribution < -0.4 is 10.0 Å². The van der Waals surface area contributed by atoms with Crippen LogP contribution in [0.15, 0.2) is 17.5 Å². The first-order valence-electron chi connectivity index (χ1n) is 7.58. The number of likely N-dealkylation sites (tertiary alicyclic amines) is 1. The van der Waals surface area contributed by atoms with Gasteiger partial charge in [0.15, 0.2) is 0 Å². The fourth-order valence-corrected chi connectivity index (χ4v) is 3.99. The van der Waals surface area contributed by atoms with Crippen molar-refractivity contribution < 1.29 is 18.3 Å². The van der Waals surface area contributed by atoms with Gasteiger partial charge < -0.3 is 15.3 Å². The molecule has 1 atom stereocenters. The van der Waals surface area contributed by atoms with Gasteiger partial charge in [0, 0.05) is 24.5 Å². The first kappa shape index (κ1) is 18.2. The number of hydrogen-bond acceptors (Lipinski definition) is 5. The number of amides is 2. The zero-order valence-electron chi connectivity index (χ0n) is 13.1. The van der Waals surface area contributed by atoms with E-state index in [0.717, 1.165) is 17.7 Å². The Hall–Kier alpha value is -1.16. The van der Waals surface area contributed by atoms with Crippen molar-refractivity contribution in [3.63, 3.8) is 0 Å². The van der Waals surface area contributed by atoms with E-state index in [1.807, 2.05) is 17.5 Å². The van der Waals surface area contributed by atoms with Crippen molar-refractivity contribution in [2.75, 3.05) is 32.4 Å². The fourth-order valence-electron chi connectivity index (χ4n) is 2.62. The molecular weight excluding hydrogens is 338 g/mol. The number of urea groups is 1. The Morgan fingerprint density at radius 3 is 2.74 bits per heavy atom. The normalized spacial score (nSPS) is 17.9. The van der Waals surface area contributed by atoms with Crippen LogP contribution in [0.25, 0.3) is 0 Å². The third-order valence-electron chi connectivity index (χ3n) is 4.07. The predicted octanol–water partition coefficient (Wildman–Crippen LogP) is 0.752. The number of sulfonamides is 1. The van der Waals surface area contributed by atoms with Crippen LogP contribution in [0.3, 0.4) is 0 Å². The monoisotopic (exact) mass is 361 g/mol. The SMILES string of the molecule is CNS(=O)(=O)CCNC(=O)N1CCC([C@H](O)c2cccs2)CC1. The van der Waals surface area contributed by atoms with Crippen LogP contribution >= 0.6 is 11.3 Å².